The van der Waals surface area contributed by atoms with Gasteiger partial charge in [0.1, 0.15) is 0 Å². The topological polar surface area (TPSA) is 12.0 Å². The van der Waals surface area contributed by atoms with E-state index in [-0.39, 0.29) is 0 Å². The molecule has 0 spiro atoms. The Labute approximate surface area is 113 Å². The maximum Gasteiger partial charge on any atom is 0.0324 e. The van der Waals surface area contributed by atoms with Crippen molar-refractivity contribution in [3.63, 3.8) is 0 Å². The second-order valence-corrected chi connectivity index (χ2v) is 5.80. The van der Waals surface area contributed by atoms with Crippen LogP contribution in [-0.2, 0) is 0 Å². The van der Waals surface area contributed by atoms with E-state index in [1.165, 1.54) is 31.2 Å². The molecule has 0 aliphatic heterocycles. The van der Waals surface area contributed by atoms with Gasteiger partial charge in [-0.05, 0) is 31.2 Å². The summed E-state index contributed by atoms with van der Waals surface area (Å²) in [4.78, 5) is 0. The van der Waals surface area contributed by atoms with Crippen LogP contribution in [0.3, 0.4) is 0 Å². The summed E-state index contributed by atoms with van der Waals surface area (Å²) in [5.74, 6) is 0.723. The first kappa shape index (κ1) is 15.2. The van der Waals surface area contributed by atoms with E-state index in [0.29, 0.717) is 12.1 Å². The van der Waals surface area contributed by atoms with Crippen LogP contribution in [0.4, 0.5) is 0 Å². The van der Waals surface area contributed by atoms with Crippen molar-refractivity contribution < 1.29 is 0 Å². The van der Waals surface area contributed by atoms with Crippen molar-refractivity contribution in [3.05, 3.63) is 35.9 Å². The van der Waals surface area contributed by atoms with Crippen LogP contribution < -0.4 is 5.32 Å². The van der Waals surface area contributed by atoms with Crippen molar-refractivity contribution in [2.75, 3.05) is 0 Å². The van der Waals surface area contributed by atoms with E-state index in [1.54, 1.807) is 0 Å². The number of benzene rings is 1. The largest absolute Gasteiger partial charge is 0.307 e. The number of unbranched alkanes of at least 4 members (excludes halogenated alkanes) is 1. The molecule has 0 saturated carbocycles. The highest BCUT2D eigenvalue weighted by Gasteiger charge is 2.15. The first-order valence-electron chi connectivity index (χ1n) is 7.44. The highest BCUT2D eigenvalue weighted by molar-refractivity contribution is 5.19. The fraction of sp³-hybridized carbons (Fsp3) is 0.647. The lowest BCUT2D eigenvalue weighted by Crippen LogP contribution is -2.31. The zero-order chi connectivity index (χ0) is 13.4. The summed E-state index contributed by atoms with van der Waals surface area (Å²) in [6.07, 6.45) is 5.09. The van der Waals surface area contributed by atoms with Gasteiger partial charge in [0.2, 0.25) is 0 Å². The smallest absolute Gasteiger partial charge is 0.0324 e. The van der Waals surface area contributed by atoms with Crippen molar-refractivity contribution >= 4 is 0 Å². The summed E-state index contributed by atoms with van der Waals surface area (Å²) in [5, 5.41) is 3.80. The average molecular weight is 247 g/mol. The van der Waals surface area contributed by atoms with Gasteiger partial charge in [-0.3, -0.25) is 0 Å². The Morgan fingerprint density at radius 1 is 1.06 bits per heavy atom. The SMILES string of the molecule is CCCCC(C)NC(CC(C)C)c1ccccc1. The normalized spacial score (nSPS) is 14.7. The maximum absolute atomic E-state index is 3.80. The van der Waals surface area contributed by atoms with Crippen molar-refractivity contribution in [1.29, 1.82) is 0 Å². The van der Waals surface area contributed by atoms with E-state index < -0.39 is 0 Å². The van der Waals surface area contributed by atoms with E-state index in [1.807, 2.05) is 0 Å². The zero-order valence-corrected chi connectivity index (χ0v) is 12.4. The predicted molar refractivity (Wildman–Crippen MR) is 80.8 cm³/mol. The maximum atomic E-state index is 3.80. The third-order valence-corrected chi connectivity index (χ3v) is 3.39. The Kier molecular flexibility index (Phi) is 7.04. The molecular weight excluding hydrogens is 218 g/mol. The summed E-state index contributed by atoms with van der Waals surface area (Å²) < 4.78 is 0. The average Bonchev–Trinajstić information content (AvgIpc) is 2.36. The third kappa shape index (κ3) is 5.68. The van der Waals surface area contributed by atoms with E-state index in [2.05, 4.69) is 63.3 Å². The molecule has 1 rings (SSSR count). The minimum absolute atomic E-state index is 0.498. The van der Waals surface area contributed by atoms with Crippen LogP contribution in [0.2, 0.25) is 0 Å². The molecule has 0 saturated heterocycles. The molecular formula is C17H29N. The van der Waals surface area contributed by atoms with Crippen LogP contribution in [0.25, 0.3) is 0 Å². The van der Waals surface area contributed by atoms with Crippen LogP contribution in [-0.4, -0.2) is 6.04 Å². The second-order valence-electron chi connectivity index (χ2n) is 5.80. The lowest BCUT2D eigenvalue weighted by atomic mass is 9.96. The fourth-order valence-corrected chi connectivity index (χ4v) is 2.39. The Balaban J connectivity index is 2.61. The van der Waals surface area contributed by atoms with Crippen molar-refractivity contribution in [3.8, 4) is 0 Å². The molecule has 2 atom stereocenters. The van der Waals surface area contributed by atoms with Crippen molar-refractivity contribution in [2.45, 2.75) is 65.5 Å². The molecule has 0 fully saturated rings. The van der Waals surface area contributed by atoms with Gasteiger partial charge in [-0.25, -0.2) is 0 Å². The second kappa shape index (κ2) is 8.31. The first-order chi connectivity index (χ1) is 8.63. The zero-order valence-electron chi connectivity index (χ0n) is 12.4. The van der Waals surface area contributed by atoms with E-state index in [4.69, 9.17) is 0 Å². The Hall–Kier alpha value is -0.820. The highest BCUT2D eigenvalue weighted by Crippen LogP contribution is 2.22. The molecule has 0 bridgehead atoms. The first-order valence-corrected chi connectivity index (χ1v) is 7.44. The van der Waals surface area contributed by atoms with Gasteiger partial charge >= 0.3 is 0 Å². The van der Waals surface area contributed by atoms with Gasteiger partial charge in [-0.1, -0.05) is 63.9 Å². The Morgan fingerprint density at radius 2 is 1.72 bits per heavy atom. The number of nitrogens with one attached hydrogen (secondary N) is 1. The summed E-state index contributed by atoms with van der Waals surface area (Å²) in [7, 11) is 0. The summed E-state index contributed by atoms with van der Waals surface area (Å²) in [6.45, 7) is 9.17. The molecule has 0 amide bonds. The van der Waals surface area contributed by atoms with Crippen molar-refractivity contribution in [2.24, 2.45) is 5.92 Å². The summed E-state index contributed by atoms with van der Waals surface area (Å²) in [6, 6.07) is 12.0. The minimum atomic E-state index is 0.498. The van der Waals surface area contributed by atoms with Gasteiger partial charge in [0, 0.05) is 12.1 Å². The molecule has 1 heteroatoms. The number of hydrogen-bond donors (Lipinski definition) is 1. The van der Waals surface area contributed by atoms with E-state index in [9.17, 15) is 0 Å². The van der Waals surface area contributed by atoms with Crippen LogP contribution in [0.15, 0.2) is 30.3 Å². The van der Waals surface area contributed by atoms with Gasteiger partial charge in [-0.15, -0.1) is 0 Å². The molecule has 1 N–H and O–H groups in total. The van der Waals surface area contributed by atoms with Crippen LogP contribution in [0.1, 0.15) is 65.0 Å². The van der Waals surface area contributed by atoms with Gasteiger partial charge in [0.25, 0.3) is 0 Å². The summed E-state index contributed by atoms with van der Waals surface area (Å²) in [5.41, 5.74) is 1.43. The molecule has 0 aromatic heterocycles. The molecule has 1 aromatic rings. The van der Waals surface area contributed by atoms with Gasteiger partial charge in [-0.2, -0.15) is 0 Å². The monoisotopic (exact) mass is 247 g/mol. The molecule has 102 valence electrons. The fourth-order valence-electron chi connectivity index (χ4n) is 2.39. The standard InChI is InChI=1S/C17H29N/c1-5-6-10-15(4)18-17(13-14(2)3)16-11-8-7-9-12-16/h7-9,11-12,14-15,17-18H,5-6,10,13H2,1-4H3. The van der Waals surface area contributed by atoms with E-state index >= 15 is 0 Å². The van der Waals surface area contributed by atoms with E-state index in [0.717, 1.165) is 5.92 Å². The number of hydrogen-bond acceptors (Lipinski definition) is 1. The molecule has 0 radical (unpaired) electrons. The quantitative estimate of drug-likeness (QED) is 0.686. The molecule has 0 heterocycles. The molecule has 1 nitrogen and oxygen atoms in total. The van der Waals surface area contributed by atoms with Crippen LogP contribution >= 0.6 is 0 Å². The van der Waals surface area contributed by atoms with Crippen LogP contribution in [0, 0.1) is 5.92 Å². The highest BCUT2D eigenvalue weighted by atomic mass is 14.9. The molecule has 2 unspecified atom stereocenters. The lowest BCUT2D eigenvalue weighted by molar-refractivity contribution is 0.374. The molecule has 1 aromatic carbocycles. The van der Waals surface area contributed by atoms with Gasteiger partial charge in [0.05, 0.1) is 0 Å². The Morgan fingerprint density at radius 3 is 2.28 bits per heavy atom. The molecule has 0 aliphatic rings. The van der Waals surface area contributed by atoms with Crippen LogP contribution in [0.5, 0.6) is 0 Å². The third-order valence-electron chi connectivity index (χ3n) is 3.39. The predicted octanol–water partition coefficient (Wildman–Crippen LogP) is 4.94. The number of rotatable bonds is 8. The molecule has 18 heavy (non-hydrogen) atoms. The van der Waals surface area contributed by atoms with Gasteiger partial charge < -0.3 is 5.32 Å². The Bertz CT molecular complexity index is 305. The lowest BCUT2D eigenvalue weighted by Gasteiger charge is -2.25. The minimum Gasteiger partial charge on any atom is -0.307 e. The summed E-state index contributed by atoms with van der Waals surface area (Å²) >= 11 is 0. The molecule has 0 aliphatic carbocycles. The van der Waals surface area contributed by atoms with Gasteiger partial charge in [0.15, 0.2) is 0 Å². The van der Waals surface area contributed by atoms with Crippen molar-refractivity contribution in [1.82, 2.24) is 5.32 Å².